The van der Waals surface area contributed by atoms with E-state index >= 15 is 0 Å². The zero-order valence-corrected chi connectivity index (χ0v) is 16.2. The van der Waals surface area contributed by atoms with E-state index in [1.807, 2.05) is 13.0 Å². The van der Waals surface area contributed by atoms with E-state index in [9.17, 15) is 4.79 Å². The molecule has 1 aromatic carbocycles. The Balaban J connectivity index is 2.88. The highest BCUT2D eigenvalue weighted by molar-refractivity contribution is 6.33. The molecule has 0 unspecified atom stereocenters. The summed E-state index contributed by atoms with van der Waals surface area (Å²) >= 11 is 6.39. The molecule has 0 saturated heterocycles. The van der Waals surface area contributed by atoms with Crippen LogP contribution in [-0.2, 0) is 5.41 Å². The second-order valence-corrected chi connectivity index (χ2v) is 7.38. The number of halogens is 1. The van der Waals surface area contributed by atoms with Crippen LogP contribution in [0.25, 0.3) is 23.4 Å². The number of rotatable bonds is 4. The number of aromatic nitrogens is 1. The smallest absolute Gasteiger partial charge is 0.208 e. The summed E-state index contributed by atoms with van der Waals surface area (Å²) in [5, 5.41) is 0.116. The summed E-state index contributed by atoms with van der Waals surface area (Å²) in [6, 6.07) is 4.09. The molecule has 0 atom stereocenters. The SMILES string of the molecule is C=Cc1[nH]c(-c2c(C)cc(C(C)(C)C)cc2OC)c(Cl)c(=O)c1C=C. The normalized spacial score (nSPS) is 11.3. The van der Waals surface area contributed by atoms with E-state index < -0.39 is 0 Å². The van der Waals surface area contributed by atoms with Gasteiger partial charge in [-0.15, -0.1) is 0 Å². The summed E-state index contributed by atoms with van der Waals surface area (Å²) in [6.45, 7) is 15.9. The number of pyridine rings is 1. The van der Waals surface area contributed by atoms with Gasteiger partial charge in [0, 0.05) is 16.8 Å². The molecular weight excluding hydrogens is 334 g/mol. The molecule has 2 aromatic rings. The summed E-state index contributed by atoms with van der Waals surface area (Å²) in [5.74, 6) is 0.670. The zero-order chi connectivity index (χ0) is 18.9. The first-order valence-electron chi connectivity index (χ1n) is 8.05. The van der Waals surface area contributed by atoms with Gasteiger partial charge in [0.05, 0.1) is 12.8 Å². The number of methoxy groups -OCH3 is 1. The third-order valence-corrected chi connectivity index (χ3v) is 4.62. The van der Waals surface area contributed by atoms with E-state index in [1.165, 1.54) is 6.08 Å². The van der Waals surface area contributed by atoms with Crippen LogP contribution in [-0.4, -0.2) is 12.1 Å². The second kappa shape index (κ2) is 6.93. The van der Waals surface area contributed by atoms with Gasteiger partial charge in [0.2, 0.25) is 5.43 Å². The van der Waals surface area contributed by atoms with Crippen LogP contribution >= 0.6 is 11.6 Å². The van der Waals surface area contributed by atoms with Crippen LogP contribution in [0.5, 0.6) is 5.75 Å². The molecule has 132 valence electrons. The monoisotopic (exact) mass is 357 g/mol. The van der Waals surface area contributed by atoms with Gasteiger partial charge in [-0.05, 0) is 35.6 Å². The minimum Gasteiger partial charge on any atom is -0.496 e. The van der Waals surface area contributed by atoms with E-state index in [0.717, 1.165) is 16.7 Å². The Morgan fingerprint density at radius 2 is 1.84 bits per heavy atom. The lowest BCUT2D eigenvalue weighted by Gasteiger charge is -2.23. The number of nitrogens with one attached hydrogen (secondary N) is 1. The van der Waals surface area contributed by atoms with Crippen LogP contribution in [0.4, 0.5) is 0 Å². The van der Waals surface area contributed by atoms with Gasteiger partial charge >= 0.3 is 0 Å². The summed E-state index contributed by atoms with van der Waals surface area (Å²) in [7, 11) is 1.61. The van der Waals surface area contributed by atoms with Crippen molar-refractivity contribution in [1.29, 1.82) is 0 Å². The molecule has 0 aliphatic rings. The van der Waals surface area contributed by atoms with Crippen molar-refractivity contribution in [3.05, 3.63) is 62.9 Å². The fraction of sp³-hybridized carbons (Fsp3) is 0.286. The first-order valence-corrected chi connectivity index (χ1v) is 8.43. The number of aromatic amines is 1. The van der Waals surface area contributed by atoms with E-state index in [-0.39, 0.29) is 15.9 Å². The molecule has 0 spiro atoms. The predicted octanol–water partition coefficient (Wildman–Crippen LogP) is 5.60. The van der Waals surface area contributed by atoms with Gasteiger partial charge in [-0.2, -0.15) is 0 Å². The average molecular weight is 358 g/mol. The largest absolute Gasteiger partial charge is 0.496 e. The van der Waals surface area contributed by atoms with Gasteiger partial charge in [-0.1, -0.05) is 57.7 Å². The van der Waals surface area contributed by atoms with E-state index in [4.69, 9.17) is 16.3 Å². The maximum absolute atomic E-state index is 12.6. The molecule has 4 heteroatoms. The van der Waals surface area contributed by atoms with E-state index in [1.54, 1.807) is 13.2 Å². The molecule has 1 N–H and O–H groups in total. The minimum absolute atomic E-state index is 0.0211. The van der Waals surface area contributed by atoms with Gasteiger partial charge < -0.3 is 9.72 Å². The number of ether oxygens (including phenoxy) is 1. The lowest BCUT2D eigenvalue weighted by atomic mass is 9.84. The third kappa shape index (κ3) is 3.42. The van der Waals surface area contributed by atoms with Crippen molar-refractivity contribution in [2.24, 2.45) is 0 Å². The molecule has 25 heavy (non-hydrogen) atoms. The lowest BCUT2D eigenvalue weighted by molar-refractivity contribution is 0.414. The molecule has 0 radical (unpaired) electrons. The topological polar surface area (TPSA) is 42.1 Å². The Labute approximate surface area is 154 Å². The van der Waals surface area contributed by atoms with Crippen LogP contribution < -0.4 is 10.2 Å². The fourth-order valence-corrected chi connectivity index (χ4v) is 3.06. The van der Waals surface area contributed by atoms with Crippen LogP contribution in [0, 0.1) is 6.92 Å². The first-order chi connectivity index (χ1) is 11.6. The molecule has 0 aliphatic heterocycles. The highest BCUT2D eigenvalue weighted by Crippen LogP contribution is 2.39. The number of aryl methyl sites for hydroxylation is 1. The first kappa shape index (κ1) is 19.1. The number of H-pyrrole nitrogens is 1. The Morgan fingerprint density at radius 1 is 1.20 bits per heavy atom. The van der Waals surface area contributed by atoms with Gasteiger partial charge in [0.15, 0.2) is 0 Å². The molecule has 0 saturated carbocycles. The van der Waals surface area contributed by atoms with Crippen LogP contribution in [0.15, 0.2) is 30.1 Å². The van der Waals surface area contributed by atoms with E-state index in [2.05, 4.69) is 45.0 Å². The van der Waals surface area contributed by atoms with Gasteiger partial charge in [0.25, 0.3) is 0 Å². The Kier molecular flexibility index (Phi) is 5.28. The highest BCUT2D eigenvalue weighted by Gasteiger charge is 2.22. The summed E-state index contributed by atoms with van der Waals surface area (Å²) in [4.78, 5) is 15.8. The zero-order valence-electron chi connectivity index (χ0n) is 15.4. The van der Waals surface area contributed by atoms with Crippen LogP contribution in [0.2, 0.25) is 5.02 Å². The summed E-state index contributed by atoms with van der Waals surface area (Å²) in [5.41, 5.74) is 4.12. The van der Waals surface area contributed by atoms with E-state index in [0.29, 0.717) is 22.7 Å². The van der Waals surface area contributed by atoms with Crippen molar-refractivity contribution in [2.75, 3.05) is 7.11 Å². The van der Waals surface area contributed by atoms with Crippen LogP contribution in [0.3, 0.4) is 0 Å². The summed E-state index contributed by atoms with van der Waals surface area (Å²) < 4.78 is 5.61. The third-order valence-electron chi connectivity index (χ3n) is 4.26. The molecule has 2 rings (SSSR count). The summed E-state index contributed by atoms with van der Waals surface area (Å²) in [6.07, 6.45) is 3.07. The van der Waals surface area contributed by atoms with Crippen molar-refractivity contribution in [3.63, 3.8) is 0 Å². The number of hydrogen-bond acceptors (Lipinski definition) is 2. The average Bonchev–Trinajstić information content (AvgIpc) is 2.55. The minimum atomic E-state index is -0.276. The molecule has 0 amide bonds. The van der Waals surface area contributed by atoms with Gasteiger partial charge in [-0.3, -0.25) is 4.79 Å². The number of hydrogen-bond donors (Lipinski definition) is 1. The standard InChI is InChI=1S/C21H24ClNO2/c1-8-14-15(9-2)23-19(18(22)20(14)24)17-12(3)10-13(21(4,5)6)11-16(17)25-7/h8-11H,1-2H2,3-7H3,(H,23,24). The second-order valence-electron chi connectivity index (χ2n) is 7.00. The molecule has 0 fully saturated rings. The molecule has 0 bridgehead atoms. The van der Waals surface area contributed by atoms with Crippen molar-refractivity contribution in [1.82, 2.24) is 4.98 Å². The maximum Gasteiger partial charge on any atom is 0.208 e. The van der Waals surface area contributed by atoms with Crippen molar-refractivity contribution in [3.8, 4) is 17.0 Å². The predicted molar refractivity (Wildman–Crippen MR) is 108 cm³/mol. The molecule has 1 heterocycles. The molecule has 0 aliphatic carbocycles. The van der Waals surface area contributed by atoms with Gasteiger partial charge in [0.1, 0.15) is 10.8 Å². The molecular formula is C21H24ClNO2. The van der Waals surface area contributed by atoms with Crippen molar-refractivity contribution >= 4 is 23.8 Å². The lowest BCUT2D eigenvalue weighted by Crippen LogP contribution is -2.14. The molecule has 1 aromatic heterocycles. The Hall–Kier alpha value is -2.26. The van der Waals surface area contributed by atoms with Crippen molar-refractivity contribution in [2.45, 2.75) is 33.1 Å². The fourth-order valence-electron chi connectivity index (χ4n) is 2.82. The maximum atomic E-state index is 12.6. The Morgan fingerprint density at radius 3 is 2.32 bits per heavy atom. The Bertz CT molecular complexity index is 902. The molecule has 3 nitrogen and oxygen atoms in total. The quantitative estimate of drug-likeness (QED) is 0.774. The van der Waals surface area contributed by atoms with Gasteiger partial charge in [-0.25, -0.2) is 0 Å². The highest BCUT2D eigenvalue weighted by atomic mass is 35.5. The number of benzene rings is 1. The van der Waals surface area contributed by atoms with Crippen molar-refractivity contribution < 1.29 is 4.74 Å². The van der Waals surface area contributed by atoms with Crippen LogP contribution in [0.1, 0.15) is 43.2 Å².